The number of hydrogen-bond acceptors (Lipinski definition) is 8. The normalized spacial score (nSPS) is 10.4. The molecule has 0 radical (unpaired) electrons. The van der Waals surface area contributed by atoms with E-state index in [0.29, 0.717) is 20.4 Å². The number of anilines is 2. The zero-order valence-electron chi connectivity index (χ0n) is 9.53. The summed E-state index contributed by atoms with van der Waals surface area (Å²) >= 11 is 6.36. The summed E-state index contributed by atoms with van der Waals surface area (Å²) in [4.78, 5) is 20.1. The van der Waals surface area contributed by atoms with Crippen molar-refractivity contribution >= 4 is 35.1 Å². The van der Waals surface area contributed by atoms with Crippen LogP contribution in [-0.2, 0) is 0 Å². The Kier molecular flexibility index (Phi) is 3.45. The molecule has 1 heterocycles. The monoisotopic (exact) mass is 286 g/mol. The molecule has 0 spiro atoms. The van der Waals surface area contributed by atoms with Gasteiger partial charge in [-0.25, -0.2) is 0 Å². The second kappa shape index (κ2) is 4.88. The lowest BCUT2D eigenvalue weighted by Gasteiger charge is -2.08. The number of nitrogens with zero attached hydrogens (tertiary/aromatic N) is 1. The van der Waals surface area contributed by atoms with Crippen LogP contribution in [0.3, 0.4) is 0 Å². The summed E-state index contributed by atoms with van der Waals surface area (Å²) in [6.07, 6.45) is 0. The predicted molar refractivity (Wildman–Crippen MR) is 71.2 cm³/mol. The molecule has 0 amide bonds. The number of aromatic nitrogens is 2. The molecule has 2 aliphatic rings. The van der Waals surface area contributed by atoms with Crippen LogP contribution in [0.25, 0.3) is 0 Å². The van der Waals surface area contributed by atoms with E-state index >= 15 is 0 Å². The molecule has 0 bridgehead atoms. The molecule has 0 saturated heterocycles. The Morgan fingerprint density at radius 2 is 2.06 bits per heavy atom. The number of hydrogen-bond donors (Lipinski definition) is 4. The molecule has 0 aromatic carbocycles. The lowest BCUT2D eigenvalue weighted by atomic mass is 10.2. The van der Waals surface area contributed by atoms with E-state index in [9.17, 15) is 4.79 Å². The third-order valence-corrected chi connectivity index (χ3v) is 3.80. The molecule has 0 saturated carbocycles. The SMILES string of the molecule is CNc1c(NC)c(=S)c2s[nH]c(OO)nc=2c1=O. The second-order valence-corrected chi connectivity index (χ2v) is 4.52. The Bertz CT molecular complexity index is 754. The van der Waals surface area contributed by atoms with E-state index in [0.717, 1.165) is 11.5 Å². The summed E-state index contributed by atoms with van der Waals surface area (Å²) in [6, 6.07) is -0.154. The van der Waals surface area contributed by atoms with Gasteiger partial charge in [-0.15, -0.1) is 0 Å². The fourth-order valence-corrected chi connectivity index (χ4v) is 2.73. The summed E-state index contributed by atoms with van der Waals surface area (Å²) in [5.41, 5.74) is 0.577. The summed E-state index contributed by atoms with van der Waals surface area (Å²) in [5.74, 6) is 0. The van der Waals surface area contributed by atoms with Crippen molar-refractivity contribution in [1.29, 1.82) is 0 Å². The van der Waals surface area contributed by atoms with Crippen molar-refractivity contribution in [1.82, 2.24) is 9.36 Å². The van der Waals surface area contributed by atoms with Crippen LogP contribution in [0.4, 0.5) is 11.4 Å². The highest BCUT2D eigenvalue weighted by atomic mass is 32.1. The van der Waals surface area contributed by atoms with E-state index in [1.807, 2.05) is 0 Å². The zero-order chi connectivity index (χ0) is 13.3. The van der Waals surface area contributed by atoms with Crippen molar-refractivity contribution in [3.8, 4) is 6.01 Å². The highest BCUT2D eigenvalue weighted by molar-refractivity contribution is 7.71. The Morgan fingerprint density at radius 1 is 1.39 bits per heavy atom. The summed E-state index contributed by atoms with van der Waals surface area (Å²) in [5, 5.41) is 14.4. The molecule has 4 N–H and O–H groups in total. The van der Waals surface area contributed by atoms with Crippen molar-refractivity contribution in [3.63, 3.8) is 0 Å². The van der Waals surface area contributed by atoms with Gasteiger partial charge in [0.2, 0.25) is 5.43 Å². The standard InChI is InChI=1S/C9H10N4O3S2/c1-10-3-4(11-2)7(17)8-5(6(3)14)12-9(16-15)13-18-8/h10-11,15H,1-2H3,(H,12,13). The maximum Gasteiger partial charge on any atom is 0.340 e. The number of rotatable bonds is 3. The van der Waals surface area contributed by atoms with E-state index < -0.39 is 0 Å². The highest BCUT2D eigenvalue weighted by Gasteiger charge is 2.13. The van der Waals surface area contributed by atoms with Crippen LogP contribution in [-0.4, -0.2) is 28.7 Å². The average Bonchev–Trinajstić information content (AvgIpc) is 2.41. The average molecular weight is 286 g/mol. The van der Waals surface area contributed by atoms with Gasteiger partial charge in [0.25, 0.3) is 0 Å². The molecule has 7 nitrogen and oxygen atoms in total. The van der Waals surface area contributed by atoms with Gasteiger partial charge in [-0.3, -0.25) is 14.1 Å². The summed E-state index contributed by atoms with van der Waals surface area (Å²) in [6.45, 7) is 0. The predicted octanol–water partition coefficient (Wildman–Crippen LogP) is 1.22. The first-order valence-corrected chi connectivity index (χ1v) is 6.13. The molecule has 9 heteroatoms. The molecule has 0 fully saturated rings. The van der Waals surface area contributed by atoms with E-state index in [1.54, 1.807) is 14.1 Å². The fraction of sp³-hybridized carbons (Fsp3) is 0.222. The highest BCUT2D eigenvalue weighted by Crippen LogP contribution is 2.21. The third-order valence-electron chi connectivity index (χ3n) is 2.38. The summed E-state index contributed by atoms with van der Waals surface area (Å²) in [7, 11) is 3.31. The number of aromatic amines is 1. The Morgan fingerprint density at radius 3 is 2.61 bits per heavy atom. The van der Waals surface area contributed by atoms with Gasteiger partial charge in [0.15, 0.2) is 0 Å². The minimum atomic E-state index is -0.311. The first kappa shape index (κ1) is 12.7. The Hall–Kier alpha value is -1.71. The van der Waals surface area contributed by atoms with Crippen molar-refractivity contribution < 1.29 is 10.1 Å². The third kappa shape index (κ3) is 1.82. The number of nitrogens with one attached hydrogen (secondary N) is 3. The second-order valence-electron chi connectivity index (χ2n) is 3.30. The zero-order valence-corrected chi connectivity index (χ0v) is 11.2. The van der Waals surface area contributed by atoms with Crippen LogP contribution < -0.4 is 20.9 Å². The minimum Gasteiger partial charge on any atom is -0.385 e. The lowest BCUT2D eigenvalue weighted by molar-refractivity contribution is -0.145. The van der Waals surface area contributed by atoms with Crippen molar-refractivity contribution in [2.75, 3.05) is 24.7 Å². The topological polar surface area (TPSA) is 99.3 Å². The molecular formula is C9H10N4O3S2. The van der Waals surface area contributed by atoms with Gasteiger partial charge in [-0.2, -0.15) is 10.2 Å². The van der Waals surface area contributed by atoms with E-state index in [-0.39, 0.29) is 16.8 Å². The van der Waals surface area contributed by atoms with Crippen LogP contribution in [0, 0.1) is 14.4 Å². The van der Waals surface area contributed by atoms with E-state index in [2.05, 4.69) is 24.9 Å². The van der Waals surface area contributed by atoms with Crippen LogP contribution in [0.15, 0.2) is 4.79 Å². The van der Waals surface area contributed by atoms with E-state index in [1.165, 1.54) is 0 Å². The van der Waals surface area contributed by atoms with Crippen LogP contribution in [0.1, 0.15) is 0 Å². The first-order chi connectivity index (χ1) is 8.63. The van der Waals surface area contributed by atoms with Gasteiger partial charge < -0.3 is 10.6 Å². The maximum atomic E-state index is 12.2. The molecule has 0 aromatic heterocycles. The quantitative estimate of drug-likeness (QED) is 0.382. The minimum absolute atomic E-state index is 0.149. The summed E-state index contributed by atoms with van der Waals surface area (Å²) < 4.78 is 3.63. The molecule has 1 aliphatic carbocycles. The van der Waals surface area contributed by atoms with Crippen molar-refractivity contribution in [2.24, 2.45) is 0 Å². The molecule has 96 valence electrons. The van der Waals surface area contributed by atoms with Crippen molar-refractivity contribution in [3.05, 3.63) is 24.6 Å². The number of H-pyrrole nitrogens is 1. The van der Waals surface area contributed by atoms with Gasteiger partial charge in [-0.05, 0) is 0 Å². The largest absolute Gasteiger partial charge is 0.385 e. The Balaban J connectivity index is 3.06. The van der Waals surface area contributed by atoms with Crippen molar-refractivity contribution in [2.45, 2.75) is 0 Å². The van der Waals surface area contributed by atoms with Gasteiger partial charge >= 0.3 is 6.01 Å². The molecule has 1 aliphatic heterocycles. The molecule has 0 atom stereocenters. The molecular weight excluding hydrogens is 276 g/mol. The van der Waals surface area contributed by atoms with Gasteiger partial charge in [-0.1, -0.05) is 23.8 Å². The van der Waals surface area contributed by atoms with Crippen LogP contribution >= 0.6 is 23.8 Å². The van der Waals surface area contributed by atoms with Crippen LogP contribution in [0.2, 0.25) is 0 Å². The van der Waals surface area contributed by atoms with E-state index in [4.69, 9.17) is 17.5 Å². The Labute approximate surface area is 110 Å². The molecule has 0 aromatic rings. The molecule has 18 heavy (non-hydrogen) atoms. The smallest absolute Gasteiger partial charge is 0.340 e. The lowest BCUT2D eigenvalue weighted by Crippen LogP contribution is -2.15. The maximum absolute atomic E-state index is 12.2. The van der Waals surface area contributed by atoms with Gasteiger partial charge in [0, 0.05) is 14.1 Å². The first-order valence-electron chi connectivity index (χ1n) is 4.90. The molecule has 2 rings (SSSR count). The fourth-order valence-electron chi connectivity index (χ4n) is 1.60. The van der Waals surface area contributed by atoms with Gasteiger partial charge in [0.05, 0.1) is 14.7 Å². The molecule has 0 unspecified atom stereocenters. The van der Waals surface area contributed by atoms with Crippen LogP contribution in [0.5, 0.6) is 6.01 Å². The van der Waals surface area contributed by atoms with Gasteiger partial charge in [0.1, 0.15) is 11.0 Å².